The molecular formula is C98H98N24O10. The van der Waals surface area contributed by atoms with Gasteiger partial charge in [-0.15, -0.1) is 0 Å². The molecule has 0 amide bonds. The van der Waals surface area contributed by atoms with Crippen LogP contribution in [0.25, 0.3) is 87.4 Å². The molecule has 18 aromatic rings. The Kier molecular flexibility index (Phi) is 27.9. The lowest BCUT2D eigenvalue weighted by Crippen LogP contribution is -2.24. The Balaban J connectivity index is 0.000000133. The number of H-pyrrole nitrogens is 8. The summed E-state index contributed by atoms with van der Waals surface area (Å²) in [4.78, 5) is 184. The molecule has 34 nitrogen and oxygen atoms in total. The second-order valence-corrected chi connectivity index (χ2v) is 32.6. The van der Waals surface area contributed by atoms with E-state index in [4.69, 9.17) is 17.2 Å². The van der Waals surface area contributed by atoms with E-state index in [2.05, 4.69) is 121 Å². The van der Waals surface area contributed by atoms with Gasteiger partial charge >= 0.3 is 11.4 Å². The van der Waals surface area contributed by atoms with Gasteiger partial charge in [-0.05, 0) is 158 Å². The lowest BCUT2D eigenvalue weighted by molar-refractivity contribution is 0.0974. The standard InChI is InChI=1S/C20H20N6O2.C20H20N6O.C20H19N5O2.C19H20N4O2.C19H19N3O3/c1-26(2)14-6-5-11-9-13(4-3-12(11)10-14)15(27)7-8-16-22-17-18(23-16)24-20(21)25-19(17)28;1-26(2)15-6-5-12-9-14(4-3-13(12)10-15)16(27)7-8-17-24-18-19(21)22-11-23-20(18)25-17;1-25(2)15-6-5-12-9-14(4-3-13(12)10-15)16(26)7-8-17-23-18-19(24-17)21-11-22-20(18)27;1-23(2)16-7-5-12-9-14(4-3-13(12)10-16)17(24)8-6-15-11-21-19(25)22-18(15)20;1-22(2)16-7-5-12-9-14(4-3-13(12)10-16)17(23)8-6-15-11-20-19(25)21-18(15)24/h3-6,9-10H,7-8H2,1-2H3,(H4,21,22,23,24,25,28);3-6,9-11H,7-8H2,1-2H3,(H3,21,22,23,24,25);3-6,9-11H,7-8H2,1-2H3,(H2,21,22,23,24,27);3-5,7,9-11H,6,8H2,1-2H3,(H3,20,21,22,25);3-5,7,9-11H,6,8H2,1-2H3,(H2,20,21,24,25). The molecule has 18 rings (SSSR count). The molecule has 14 N–H and O–H groups in total. The van der Waals surface area contributed by atoms with Crippen molar-refractivity contribution >= 4 is 162 Å². The van der Waals surface area contributed by atoms with E-state index in [1.165, 1.54) is 25.0 Å². The van der Waals surface area contributed by atoms with Crippen molar-refractivity contribution in [2.24, 2.45) is 0 Å². The van der Waals surface area contributed by atoms with E-state index in [9.17, 15) is 47.9 Å². The number of aryl methyl sites for hydroxylation is 5. The number of hydrogen-bond acceptors (Lipinski definition) is 26. The van der Waals surface area contributed by atoms with Crippen molar-refractivity contribution in [2.45, 2.75) is 64.2 Å². The van der Waals surface area contributed by atoms with Crippen molar-refractivity contribution in [3.8, 4) is 0 Å². The lowest BCUT2D eigenvalue weighted by Gasteiger charge is -2.13. The summed E-state index contributed by atoms with van der Waals surface area (Å²) >= 11 is 0. The molecule has 34 heteroatoms. The number of nitrogens with zero attached hydrogens (tertiary/aromatic N) is 13. The van der Waals surface area contributed by atoms with Gasteiger partial charge in [0, 0.05) is 202 Å². The smallest absolute Gasteiger partial charge is 0.346 e. The minimum Gasteiger partial charge on any atom is -0.385 e. The number of fused-ring (bicyclic) bond motifs is 8. The van der Waals surface area contributed by atoms with Gasteiger partial charge in [0.1, 0.15) is 35.1 Å². The van der Waals surface area contributed by atoms with Crippen LogP contribution in [0.3, 0.4) is 0 Å². The molecule has 0 saturated carbocycles. The number of nitrogens with one attached hydrogen (secondary N) is 8. The molecule has 0 spiro atoms. The third-order valence-electron chi connectivity index (χ3n) is 22.3. The second-order valence-electron chi connectivity index (χ2n) is 32.6. The SMILES string of the molecule is CN(C)c1ccc2cc(C(=O)CCc3c[nH]c(=O)[nH]c3=O)ccc2c1.CN(C)c1ccc2cc(C(=O)CCc3cnc(=O)[nH]c3N)ccc2c1.CN(C)c1ccc2cc(C(=O)CCc3nc4nc(N)[nH]c(=O)c4[nH]3)ccc2c1.CN(C)c1ccc2cc(C(=O)CCc3nc4nc[nH]c(=O)c4[nH]3)ccc2c1.CN(C)c1ccc2cc(C(=O)CCc3nc4ncnc(N)c4[nH]3)ccc2c1. The monoisotopic (exact) mass is 1770 g/mol. The fourth-order valence-electron chi connectivity index (χ4n) is 14.7. The number of Topliss-reactive ketones (excluding diaryl/α,β-unsaturated/α-hetero) is 5. The number of imidazole rings is 3. The zero-order valence-corrected chi connectivity index (χ0v) is 74.3. The minimum atomic E-state index is -0.549. The number of aromatic nitrogens is 16. The molecule has 0 aliphatic heterocycles. The van der Waals surface area contributed by atoms with E-state index < -0.39 is 16.9 Å². The molecule has 0 unspecified atom stereocenters. The number of ketones is 5. The predicted molar refractivity (Wildman–Crippen MR) is 521 cm³/mol. The molecule has 0 bridgehead atoms. The van der Waals surface area contributed by atoms with Crippen LogP contribution in [0.4, 0.5) is 46.0 Å². The molecule has 0 atom stereocenters. The van der Waals surface area contributed by atoms with Crippen LogP contribution in [-0.4, -0.2) is 179 Å². The topological polar surface area (TPSA) is 494 Å². The van der Waals surface area contributed by atoms with Crippen LogP contribution >= 0.6 is 0 Å². The van der Waals surface area contributed by atoms with Gasteiger partial charge in [-0.3, -0.25) is 53.3 Å². The van der Waals surface area contributed by atoms with Gasteiger partial charge in [-0.2, -0.15) is 4.98 Å². The molecule has 0 aliphatic carbocycles. The first kappa shape index (κ1) is 91.3. The molecule has 0 radical (unpaired) electrons. The maximum Gasteiger partial charge on any atom is 0.346 e. The summed E-state index contributed by atoms with van der Waals surface area (Å²) in [5.41, 5.74) is 27.3. The molecule has 8 heterocycles. The summed E-state index contributed by atoms with van der Waals surface area (Å²) in [7, 11) is 20.0. The Bertz CT molecular complexity index is 7750. The van der Waals surface area contributed by atoms with E-state index in [0.29, 0.717) is 130 Å². The molecule has 0 aliphatic rings. The van der Waals surface area contributed by atoms with Crippen LogP contribution in [0.5, 0.6) is 0 Å². The van der Waals surface area contributed by atoms with Crippen LogP contribution in [0.1, 0.15) is 112 Å². The summed E-state index contributed by atoms with van der Waals surface area (Å²) in [6.45, 7) is 0. The number of aromatic amines is 8. The Hall–Kier alpha value is -16.9. The Labute approximate surface area is 753 Å². The van der Waals surface area contributed by atoms with Crippen LogP contribution in [-0.2, 0) is 32.1 Å². The normalized spacial score (nSPS) is 11.0. The van der Waals surface area contributed by atoms with Crippen LogP contribution < -0.4 is 69.8 Å². The highest BCUT2D eigenvalue weighted by atomic mass is 16.2. The Morgan fingerprint density at radius 3 is 1.00 bits per heavy atom. The number of anilines is 8. The van der Waals surface area contributed by atoms with Gasteiger partial charge < -0.3 is 66.6 Å². The molecule has 670 valence electrons. The second kappa shape index (κ2) is 40.4. The van der Waals surface area contributed by atoms with Crippen LogP contribution in [0.15, 0.2) is 231 Å². The average molecular weight is 1770 g/mol. The molecule has 0 saturated heterocycles. The van der Waals surface area contributed by atoms with Crippen molar-refractivity contribution in [3.63, 3.8) is 0 Å². The number of nitrogens with two attached hydrogens (primary N) is 3. The Morgan fingerprint density at radius 1 is 0.311 bits per heavy atom. The van der Waals surface area contributed by atoms with Crippen molar-refractivity contribution in [1.29, 1.82) is 0 Å². The third-order valence-corrected chi connectivity index (χ3v) is 22.3. The highest BCUT2D eigenvalue weighted by molar-refractivity contribution is 6.05. The highest BCUT2D eigenvalue weighted by Crippen LogP contribution is 2.30. The van der Waals surface area contributed by atoms with Gasteiger partial charge in [0.2, 0.25) is 5.95 Å². The molecule has 0 fully saturated rings. The first-order valence-electron chi connectivity index (χ1n) is 42.3. The summed E-state index contributed by atoms with van der Waals surface area (Å²) in [5.74, 6) is 2.56. The van der Waals surface area contributed by atoms with E-state index in [1.807, 2.05) is 230 Å². The molecule has 10 aromatic carbocycles. The predicted octanol–water partition coefficient (Wildman–Crippen LogP) is 12.4. The largest absolute Gasteiger partial charge is 0.385 e. The fraction of sp³-hybridized carbons (Fsp3) is 0.204. The number of hydrogen-bond donors (Lipinski definition) is 11. The van der Waals surface area contributed by atoms with Crippen molar-refractivity contribution < 1.29 is 24.0 Å². The highest BCUT2D eigenvalue weighted by Gasteiger charge is 2.19. The first-order chi connectivity index (χ1) is 63.3. The zero-order chi connectivity index (χ0) is 93.7. The van der Waals surface area contributed by atoms with Crippen molar-refractivity contribution in [1.82, 2.24) is 79.7 Å². The van der Waals surface area contributed by atoms with E-state index in [1.54, 1.807) is 6.07 Å². The van der Waals surface area contributed by atoms with Crippen LogP contribution in [0.2, 0.25) is 0 Å². The van der Waals surface area contributed by atoms with Gasteiger partial charge in [0.05, 0.1) is 6.33 Å². The quantitative estimate of drug-likeness (QED) is 0.0237. The zero-order valence-electron chi connectivity index (χ0n) is 74.3. The first-order valence-corrected chi connectivity index (χ1v) is 42.3. The average Bonchev–Trinajstić information content (AvgIpc) is 1.60. The number of carbonyl (C=O) groups is 5. The van der Waals surface area contributed by atoms with Gasteiger partial charge in [0.15, 0.2) is 62.7 Å². The maximum absolute atomic E-state index is 12.6. The number of carbonyl (C=O) groups excluding carboxylic acids is 5. The maximum atomic E-state index is 12.6. The van der Waals surface area contributed by atoms with Gasteiger partial charge in [0.25, 0.3) is 16.7 Å². The van der Waals surface area contributed by atoms with E-state index in [-0.39, 0.29) is 82.2 Å². The van der Waals surface area contributed by atoms with Gasteiger partial charge in [-0.25, -0.2) is 44.5 Å². The summed E-state index contributed by atoms with van der Waals surface area (Å²) in [6.07, 6.45) is 8.93. The van der Waals surface area contributed by atoms with E-state index in [0.717, 1.165) is 82.3 Å². The number of rotatable bonds is 25. The van der Waals surface area contributed by atoms with Gasteiger partial charge in [-0.1, -0.05) is 91.0 Å². The fourth-order valence-corrected chi connectivity index (χ4v) is 14.7. The summed E-state index contributed by atoms with van der Waals surface area (Å²) in [6, 6.07) is 59.3. The lowest BCUT2D eigenvalue weighted by atomic mass is 10.00. The molecule has 132 heavy (non-hydrogen) atoms. The molecular weight excluding hydrogens is 1670 g/mol. The summed E-state index contributed by atoms with van der Waals surface area (Å²) < 4.78 is 0. The summed E-state index contributed by atoms with van der Waals surface area (Å²) in [5, 5.41) is 10.6. The Morgan fingerprint density at radius 2 is 0.644 bits per heavy atom. The minimum absolute atomic E-state index is 0.0141. The van der Waals surface area contributed by atoms with Crippen molar-refractivity contribution in [3.05, 3.63) is 315 Å². The van der Waals surface area contributed by atoms with E-state index >= 15 is 0 Å². The molecule has 8 aromatic heterocycles. The number of nitrogen functional groups attached to an aromatic ring is 3. The number of benzene rings is 10. The van der Waals surface area contributed by atoms with Crippen molar-refractivity contribution in [2.75, 3.05) is 112 Å². The van der Waals surface area contributed by atoms with Crippen LogP contribution in [0, 0.1) is 0 Å². The third kappa shape index (κ3) is 22.3.